The molecule has 2 aliphatic rings. The highest BCUT2D eigenvalue weighted by Crippen LogP contribution is 2.36. The summed E-state index contributed by atoms with van der Waals surface area (Å²) in [6.45, 7) is 17.1. The molecule has 2 saturated heterocycles. The smallest absolute Gasteiger partial charge is 0.444 e. The number of amides is 2. The quantitative estimate of drug-likeness (QED) is 0.671. The molecule has 8 heteroatoms. The Kier molecular flexibility index (Phi) is 6.69. The van der Waals surface area contributed by atoms with Crippen molar-refractivity contribution in [2.45, 2.75) is 84.7 Å². The van der Waals surface area contributed by atoms with Gasteiger partial charge in [0.1, 0.15) is 5.60 Å². The second-order valence-electron chi connectivity index (χ2n) is 10.9. The predicted molar refractivity (Wildman–Crippen MR) is 125 cm³/mol. The van der Waals surface area contributed by atoms with Crippen LogP contribution < -0.4 is 5.46 Å². The predicted octanol–water partition coefficient (Wildman–Crippen LogP) is 3.00. The van der Waals surface area contributed by atoms with Crippen LogP contribution in [0.1, 0.15) is 61.0 Å². The van der Waals surface area contributed by atoms with Crippen LogP contribution in [0.4, 0.5) is 4.79 Å². The number of benzene rings is 1. The third-order valence-electron chi connectivity index (χ3n) is 6.47. The van der Waals surface area contributed by atoms with Gasteiger partial charge in [0.2, 0.25) is 5.91 Å². The van der Waals surface area contributed by atoms with Crippen LogP contribution in [-0.4, -0.2) is 71.4 Å². The van der Waals surface area contributed by atoms with Crippen LogP contribution in [0.2, 0.25) is 0 Å². The molecule has 0 aliphatic carbocycles. The Hall–Kier alpha value is -2.06. The molecule has 0 aromatic heterocycles. The van der Waals surface area contributed by atoms with Crippen LogP contribution >= 0.6 is 0 Å². The van der Waals surface area contributed by atoms with Gasteiger partial charge < -0.3 is 23.8 Å². The highest BCUT2D eigenvalue weighted by atomic mass is 16.7. The molecular weight excluding hydrogens is 407 g/mol. The monoisotopic (exact) mass is 444 g/mol. The molecule has 0 bridgehead atoms. The largest absolute Gasteiger partial charge is 0.494 e. The Morgan fingerprint density at radius 3 is 2.12 bits per heavy atom. The fourth-order valence-corrected chi connectivity index (χ4v) is 3.83. The molecule has 0 spiro atoms. The molecule has 32 heavy (non-hydrogen) atoms. The molecule has 2 heterocycles. The highest BCUT2D eigenvalue weighted by molar-refractivity contribution is 6.62. The summed E-state index contributed by atoms with van der Waals surface area (Å²) in [5, 5.41) is 0. The first-order valence-corrected chi connectivity index (χ1v) is 11.4. The summed E-state index contributed by atoms with van der Waals surface area (Å²) >= 11 is 0. The average Bonchev–Trinajstić information content (AvgIpc) is 2.88. The Morgan fingerprint density at radius 1 is 1.06 bits per heavy atom. The topological polar surface area (TPSA) is 68.3 Å². The van der Waals surface area contributed by atoms with Gasteiger partial charge in [0.15, 0.2) is 0 Å². The summed E-state index contributed by atoms with van der Waals surface area (Å²) in [7, 11) is -0.411. The lowest BCUT2D eigenvalue weighted by molar-refractivity contribution is -0.133. The van der Waals surface area contributed by atoms with Gasteiger partial charge in [-0.25, -0.2) is 4.79 Å². The van der Waals surface area contributed by atoms with Crippen LogP contribution in [0.3, 0.4) is 0 Å². The Morgan fingerprint density at radius 2 is 1.62 bits per heavy atom. The molecule has 1 aromatic carbocycles. The van der Waals surface area contributed by atoms with E-state index in [1.807, 2.05) is 84.6 Å². The van der Waals surface area contributed by atoms with E-state index in [1.54, 1.807) is 4.90 Å². The van der Waals surface area contributed by atoms with Crippen molar-refractivity contribution in [2.75, 3.05) is 19.6 Å². The SMILES string of the molecule is CC1CN(C(=O)Cc2ccc(B3OC(C)(C)C(C)(C)O3)cc2)CCN1C(=O)OC(C)(C)C. The van der Waals surface area contributed by atoms with Gasteiger partial charge in [0.05, 0.1) is 17.6 Å². The maximum absolute atomic E-state index is 12.9. The molecule has 2 amide bonds. The van der Waals surface area contributed by atoms with Crippen molar-refractivity contribution in [1.29, 1.82) is 0 Å². The van der Waals surface area contributed by atoms with E-state index in [0.717, 1.165) is 11.0 Å². The fourth-order valence-electron chi connectivity index (χ4n) is 3.83. The summed E-state index contributed by atoms with van der Waals surface area (Å²) in [4.78, 5) is 28.8. The van der Waals surface area contributed by atoms with Crippen LogP contribution in [0, 0.1) is 0 Å². The molecule has 0 saturated carbocycles. The molecule has 3 rings (SSSR count). The Labute approximate surface area is 192 Å². The first kappa shape index (κ1) is 24.6. The molecular formula is C24H37BN2O5. The minimum Gasteiger partial charge on any atom is -0.444 e. The molecule has 2 fully saturated rings. The first-order valence-electron chi connectivity index (χ1n) is 11.4. The minimum absolute atomic E-state index is 0.0593. The number of carbonyl (C=O) groups excluding carboxylic acids is 2. The van der Waals surface area contributed by atoms with E-state index in [-0.39, 0.29) is 29.2 Å². The van der Waals surface area contributed by atoms with E-state index in [0.29, 0.717) is 26.1 Å². The van der Waals surface area contributed by atoms with Gasteiger partial charge in [-0.1, -0.05) is 24.3 Å². The molecule has 2 aliphatic heterocycles. The van der Waals surface area contributed by atoms with Gasteiger partial charge in [-0.2, -0.15) is 0 Å². The van der Waals surface area contributed by atoms with Crippen molar-refractivity contribution in [3.05, 3.63) is 29.8 Å². The maximum Gasteiger partial charge on any atom is 0.494 e. The van der Waals surface area contributed by atoms with Crippen LogP contribution in [0.5, 0.6) is 0 Å². The zero-order valence-corrected chi connectivity index (χ0v) is 20.7. The second kappa shape index (κ2) is 8.71. The number of hydrogen-bond acceptors (Lipinski definition) is 5. The van der Waals surface area contributed by atoms with Gasteiger partial charge in [0, 0.05) is 25.7 Å². The zero-order valence-electron chi connectivity index (χ0n) is 20.7. The van der Waals surface area contributed by atoms with E-state index in [1.165, 1.54) is 0 Å². The van der Waals surface area contributed by atoms with Gasteiger partial charge in [0.25, 0.3) is 0 Å². The third kappa shape index (κ3) is 5.46. The molecule has 7 nitrogen and oxygen atoms in total. The van der Waals surface area contributed by atoms with E-state index >= 15 is 0 Å². The lowest BCUT2D eigenvalue weighted by atomic mass is 9.79. The van der Waals surface area contributed by atoms with Crippen molar-refractivity contribution in [1.82, 2.24) is 9.80 Å². The lowest BCUT2D eigenvalue weighted by Gasteiger charge is -2.40. The number of carbonyl (C=O) groups is 2. The Balaban J connectivity index is 1.55. The van der Waals surface area contributed by atoms with Gasteiger partial charge >= 0.3 is 13.2 Å². The minimum atomic E-state index is -0.532. The number of nitrogens with zero attached hydrogens (tertiary/aromatic N) is 2. The third-order valence-corrected chi connectivity index (χ3v) is 6.47. The van der Waals surface area contributed by atoms with Crippen LogP contribution in [0.15, 0.2) is 24.3 Å². The normalized spacial score (nSPS) is 22.8. The van der Waals surface area contributed by atoms with Gasteiger partial charge in [-0.05, 0) is 66.4 Å². The molecule has 0 radical (unpaired) electrons. The molecule has 1 unspecified atom stereocenters. The summed E-state index contributed by atoms with van der Waals surface area (Å²) in [5.41, 5.74) is 0.585. The van der Waals surface area contributed by atoms with Crippen LogP contribution in [-0.2, 0) is 25.3 Å². The van der Waals surface area contributed by atoms with Crippen molar-refractivity contribution >= 4 is 24.6 Å². The lowest BCUT2D eigenvalue weighted by Crippen LogP contribution is -2.56. The summed E-state index contributed by atoms with van der Waals surface area (Å²) in [6.07, 6.45) is -0.00148. The number of hydrogen-bond donors (Lipinski definition) is 0. The first-order chi connectivity index (χ1) is 14.7. The van der Waals surface area contributed by atoms with Crippen molar-refractivity contribution in [2.24, 2.45) is 0 Å². The van der Waals surface area contributed by atoms with Crippen molar-refractivity contribution in [3.63, 3.8) is 0 Å². The molecule has 176 valence electrons. The van der Waals surface area contributed by atoms with Crippen molar-refractivity contribution in [3.8, 4) is 0 Å². The standard InChI is InChI=1S/C24H37BN2O5/c1-17-16-26(13-14-27(17)21(29)30-22(2,3)4)20(28)15-18-9-11-19(12-10-18)25-31-23(5,6)24(7,8)32-25/h9-12,17H,13-16H2,1-8H3. The Bertz CT molecular complexity index is 831. The number of piperazine rings is 1. The van der Waals surface area contributed by atoms with E-state index in [9.17, 15) is 9.59 Å². The van der Waals surface area contributed by atoms with Crippen LogP contribution in [0.25, 0.3) is 0 Å². The number of rotatable bonds is 3. The zero-order chi connectivity index (χ0) is 23.9. The molecule has 1 aromatic rings. The molecule has 1 atom stereocenters. The average molecular weight is 444 g/mol. The van der Waals surface area contributed by atoms with Gasteiger partial charge in [-0.15, -0.1) is 0 Å². The van der Waals surface area contributed by atoms with E-state index < -0.39 is 12.7 Å². The van der Waals surface area contributed by atoms with Crippen molar-refractivity contribution < 1.29 is 23.6 Å². The number of ether oxygens (including phenoxy) is 1. The summed E-state index contributed by atoms with van der Waals surface area (Å²) in [6, 6.07) is 7.76. The van der Waals surface area contributed by atoms with Gasteiger partial charge in [-0.3, -0.25) is 4.79 Å². The van der Waals surface area contributed by atoms with E-state index in [2.05, 4.69) is 0 Å². The maximum atomic E-state index is 12.9. The highest BCUT2D eigenvalue weighted by Gasteiger charge is 2.51. The second-order valence-corrected chi connectivity index (χ2v) is 10.9. The summed E-state index contributed by atoms with van der Waals surface area (Å²) in [5.74, 6) is 0.0593. The molecule has 0 N–H and O–H groups in total. The van der Waals surface area contributed by atoms with E-state index in [4.69, 9.17) is 14.0 Å². The summed E-state index contributed by atoms with van der Waals surface area (Å²) < 4.78 is 17.7. The fraction of sp³-hybridized carbons (Fsp3) is 0.667.